The molecule has 0 amide bonds. The van der Waals surface area contributed by atoms with E-state index in [1.54, 1.807) is 20.3 Å². The summed E-state index contributed by atoms with van der Waals surface area (Å²) in [5.41, 5.74) is 5.81. The van der Waals surface area contributed by atoms with E-state index in [1.165, 1.54) is 0 Å². The van der Waals surface area contributed by atoms with Crippen molar-refractivity contribution in [2.45, 2.75) is 0 Å². The zero-order valence-electron chi connectivity index (χ0n) is 14.5. The van der Waals surface area contributed by atoms with Crippen molar-refractivity contribution in [1.82, 2.24) is 0 Å². The second-order valence-corrected chi connectivity index (χ2v) is 5.52. The Kier molecular flexibility index (Phi) is 5.03. The van der Waals surface area contributed by atoms with Crippen LogP contribution in [0, 0.1) is 0 Å². The second kappa shape index (κ2) is 7.57. The van der Waals surface area contributed by atoms with Crippen LogP contribution in [0.25, 0.3) is 16.3 Å². The average molecular weight is 328 g/mol. The second-order valence-electron chi connectivity index (χ2n) is 5.52. The van der Waals surface area contributed by atoms with Gasteiger partial charge in [0.1, 0.15) is 11.5 Å². The summed E-state index contributed by atoms with van der Waals surface area (Å²) >= 11 is 0. The van der Waals surface area contributed by atoms with E-state index in [1.807, 2.05) is 36.4 Å². The molecule has 0 aliphatic rings. The lowest BCUT2D eigenvalue weighted by molar-refractivity contribution is 0.309. The third-order valence-electron chi connectivity index (χ3n) is 4.12. The minimum Gasteiger partial charge on any atom is -0.496 e. The molecule has 0 unspecified atom stereocenters. The molecule has 0 aliphatic carbocycles. The van der Waals surface area contributed by atoms with Crippen LogP contribution in [0.2, 0.25) is 0 Å². The number of rotatable bonds is 5. The van der Waals surface area contributed by atoms with Crippen molar-refractivity contribution < 1.29 is 9.47 Å². The molecule has 0 saturated heterocycles. The Bertz CT molecular complexity index is 962. The van der Waals surface area contributed by atoms with Crippen molar-refractivity contribution in [3.63, 3.8) is 0 Å². The van der Waals surface area contributed by atoms with Gasteiger partial charge in [-0.1, -0.05) is 67.2 Å². The summed E-state index contributed by atoms with van der Waals surface area (Å²) in [4.78, 5) is 0. The first-order valence-electron chi connectivity index (χ1n) is 8.05. The summed E-state index contributed by atoms with van der Waals surface area (Å²) in [6.45, 7) is 3.70. The Labute approximate surface area is 148 Å². The summed E-state index contributed by atoms with van der Waals surface area (Å²) in [6, 6.07) is 22.5. The summed E-state index contributed by atoms with van der Waals surface area (Å²) in [6.07, 6.45) is 1.75. The molecular weight excluding hydrogens is 308 g/mol. The predicted molar refractivity (Wildman–Crippen MR) is 104 cm³/mol. The normalized spacial score (nSPS) is 11.4. The Hall–Kier alpha value is -3.22. The number of benzene rings is 3. The summed E-state index contributed by atoms with van der Waals surface area (Å²) in [5.74, 6) is 1.49. The molecule has 0 atom stereocenters. The molecule has 3 aromatic carbocycles. The van der Waals surface area contributed by atoms with Crippen molar-refractivity contribution in [3.05, 3.63) is 102 Å². The highest BCUT2D eigenvalue weighted by atomic mass is 16.5. The zero-order chi connectivity index (χ0) is 17.6. The van der Waals surface area contributed by atoms with Crippen molar-refractivity contribution in [2.75, 3.05) is 14.2 Å². The molecule has 0 saturated carbocycles. The fraction of sp³-hybridized carbons (Fsp3) is 0.0870. The molecule has 0 bridgehead atoms. The van der Waals surface area contributed by atoms with Gasteiger partial charge in [0.15, 0.2) is 0 Å². The molecule has 0 N–H and O–H groups in total. The van der Waals surface area contributed by atoms with Gasteiger partial charge in [0.25, 0.3) is 0 Å². The fourth-order valence-corrected chi connectivity index (χ4v) is 3.02. The van der Waals surface area contributed by atoms with E-state index in [2.05, 4.69) is 42.6 Å². The van der Waals surface area contributed by atoms with E-state index >= 15 is 0 Å². The molecular formula is C23H20O2. The Morgan fingerprint density at radius 3 is 2.32 bits per heavy atom. The van der Waals surface area contributed by atoms with Crippen molar-refractivity contribution in [2.24, 2.45) is 0 Å². The van der Waals surface area contributed by atoms with Crippen LogP contribution in [0.3, 0.4) is 0 Å². The maximum atomic E-state index is 5.69. The Morgan fingerprint density at radius 1 is 0.920 bits per heavy atom. The van der Waals surface area contributed by atoms with E-state index in [0.29, 0.717) is 5.76 Å². The smallest absolute Gasteiger partial charge is 0.135 e. The maximum absolute atomic E-state index is 5.69. The van der Waals surface area contributed by atoms with Crippen LogP contribution in [-0.2, 0) is 4.74 Å². The quantitative estimate of drug-likeness (QED) is 0.345. The van der Waals surface area contributed by atoms with Gasteiger partial charge in [-0.3, -0.25) is 0 Å². The molecule has 25 heavy (non-hydrogen) atoms. The van der Waals surface area contributed by atoms with Gasteiger partial charge in [-0.05, 0) is 22.4 Å². The highest BCUT2D eigenvalue weighted by molar-refractivity contribution is 6.01. The molecule has 0 fully saturated rings. The van der Waals surface area contributed by atoms with Crippen LogP contribution in [0.5, 0.6) is 5.75 Å². The van der Waals surface area contributed by atoms with Crippen LogP contribution in [-0.4, -0.2) is 14.2 Å². The first kappa shape index (κ1) is 16.6. The maximum Gasteiger partial charge on any atom is 0.135 e. The Balaban J connectivity index is 2.46. The first-order valence-corrected chi connectivity index (χ1v) is 8.05. The van der Waals surface area contributed by atoms with Gasteiger partial charge < -0.3 is 9.47 Å². The molecule has 0 aliphatic heterocycles. The molecule has 0 aromatic heterocycles. The SMILES string of the molecule is C=C=C/C(OC)=C(\c1ccccc1)c1c(OC)ccc2ccccc12. The third kappa shape index (κ3) is 3.21. The average Bonchev–Trinajstić information content (AvgIpc) is 2.68. The summed E-state index contributed by atoms with van der Waals surface area (Å²) in [7, 11) is 3.34. The lowest BCUT2D eigenvalue weighted by atomic mass is 9.91. The van der Waals surface area contributed by atoms with Crippen molar-refractivity contribution in [3.8, 4) is 5.75 Å². The standard InChI is InChI=1S/C23H20O2/c1-4-10-20(24-2)22(18-12-6-5-7-13-18)23-19-14-9-8-11-17(19)15-16-21(23)25-3/h5-16H,1H2,2-3H3/b22-20-. The number of ether oxygens (including phenoxy) is 2. The number of hydrogen-bond acceptors (Lipinski definition) is 2. The molecule has 0 spiro atoms. The molecule has 124 valence electrons. The number of methoxy groups -OCH3 is 2. The molecule has 2 nitrogen and oxygen atoms in total. The summed E-state index contributed by atoms with van der Waals surface area (Å²) in [5, 5.41) is 2.25. The zero-order valence-corrected chi connectivity index (χ0v) is 14.5. The van der Waals surface area contributed by atoms with Gasteiger partial charge in [-0.25, -0.2) is 0 Å². The number of hydrogen-bond donors (Lipinski definition) is 0. The Morgan fingerprint density at radius 2 is 1.64 bits per heavy atom. The van der Waals surface area contributed by atoms with Crippen LogP contribution in [0.15, 0.2) is 90.9 Å². The van der Waals surface area contributed by atoms with Crippen LogP contribution >= 0.6 is 0 Å². The van der Waals surface area contributed by atoms with E-state index < -0.39 is 0 Å². The minimum absolute atomic E-state index is 0.691. The van der Waals surface area contributed by atoms with Crippen molar-refractivity contribution >= 4 is 16.3 Å². The lowest BCUT2D eigenvalue weighted by Crippen LogP contribution is -1.99. The van der Waals surface area contributed by atoms with Gasteiger partial charge in [0, 0.05) is 17.2 Å². The van der Waals surface area contributed by atoms with Gasteiger partial charge >= 0.3 is 0 Å². The molecule has 0 heterocycles. The van der Waals surface area contributed by atoms with Gasteiger partial charge in [-0.15, -0.1) is 5.73 Å². The number of fused-ring (bicyclic) bond motifs is 1. The molecule has 0 radical (unpaired) electrons. The van der Waals surface area contributed by atoms with Gasteiger partial charge in [0.05, 0.1) is 14.2 Å². The van der Waals surface area contributed by atoms with Crippen LogP contribution < -0.4 is 4.74 Å². The monoisotopic (exact) mass is 328 g/mol. The van der Waals surface area contributed by atoms with Gasteiger partial charge in [-0.2, -0.15) is 0 Å². The largest absolute Gasteiger partial charge is 0.496 e. The third-order valence-corrected chi connectivity index (χ3v) is 4.12. The topological polar surface area (TPSA) is 18.5 Å². The van der Waals surface area contributed by atoms with E-state index in [-0.39, 0.29) is 0 Å². The fourth-order valence-electron chi connectivity index (χ4n) is 3.02. The van der Waals surface area contributed by atoms with Crippen molar-refractivity contribution in [1.29, 1.82) is 0 Å². The van der Waals surface area contributed by atoms with E-state index in [0.717, 1.165) is 33.2 Å². The summed E-state index contributed by atoms with van der Waals surface area (Å²) < 4.78 is 11.4. The van der Waals surface area contributed by atoms with E-state index in [9.17, 15) is 0 Å². The van der Waals surface area contributed by atoms with Crippen LogP contribution in [0.4, 0.5) is 0 Å². The first-order chi connectivity index (χ1) is 12.3. The van der Waals surface area contributed by atoms with Crippen LogP contribution in [0.1, 0.15) is 11.1 Å². The highest BCUT2D eigenvalue weighted by Gasteiger charge is 2.18. The molecule has 3 rings (SSSR count). The predicted octanol–water partition coefficient (Wildman–Crippen LogP) is 5.60. The lowest BCUT2D eigenvalue weighted by Gasteiger charge is -2.18. The molecule has 2 heteroatoms. The van der Waals surface area contributed by atoms with Gasteiger partial charge in [0.2, 0.25) is 0 Å². The minimum atomic E-state index is 0.691. The number of allylic oxidation sites excluding steroid dienone is 1. The van der Waals surface area contributed by atoms with E-state index in [4.69, 9.17) is 9.47 Å². The molecule has 3 aromatic rings. The highest BCUT2D eigenvalue weighted by Crippen LogP contribution is 2.39.